The number of nitrogens with one attached hydrogen (secondary N) is 2. The van der Waals surface area contributed by atoms with E-state index in [0.717, 1.165) is 31.0 Å². The number of rotatable bonds is 6. The number of anilines is 2. The third-order valence-electron chi connectivity index (χ3n) is 6.16. The molecule has 1 atom stereocenters. The molecule has 7 nitrogen and oxygen atoms in total. The zero-order chi connectivity index (χ0) is 23.4. The number of benzene rings is 2. The summed E-state index contributed by atoms with van der Waals surface area (Å²) in [4.78, 5) is 30.0. The van der Waals surface area contributed by atoms with E-state index in [0.29, 0.717) is 27.4 Å². The van der Waals surface area contributed by atoms with E-state index in [1.165, 1.54) is 25.7 Å². The van der Waals surface area contributed by atoms with Gasteiger partial charge in [-0.1, -0.05) is 40.4 Å². The molecule has 3 amide bonds. The summed E-state index contributed by atoms with van der Waals surface area (Å²) in [6.45, 7) is 3.47. The van der Waals surface area contributed by atoms with Crippen LogP contribution in [0.3, 0.4) is 0 Å². The van der Waals surface area contributed by atoms with Gasteiger partial charge in [-0.05, 0) is 81.4 Å². The molecule has 2 aliphatic rings. The Balaban J connectivity index is 1.57. The molecule has 0 bridgehead atoms. The summed E-state index contributed by atoms with van der Waals surface area (Å²) in [6, 6.07) is 10.9. The highest BCUT2D eigenvalue weighted by Crippen LogP contribution is 2.41. The minimum atomic E-state index is -2.22. The maximum Gasteiger partial charge on any atom is 0.329 e. The van der Waals surface area contributed by atoms with Crippen LogP contribution in [0.15, 0.2) is 46.9 Å². The highest BCUT2D eigenvalue weighted by atomic mass is 79.9. The summed E-state index contributed by atoms with van der Waals surface area (Å²) in [7, 11) is 0. The van der Waals surface area contributed by atoms with E-state index in [9.17, 15) is 14.7 Å². The molecule has 2 aromatic rings. The molecule has 0 unspecified atom stereocenters. The van der Waals surface area contributed by atoms with E-state index < -0.39 is 17.7 Å². The van der Waals surface area contributed by atoms with Crippen molar-refractivity contribution in [2.45, 2.75) is 37.8 Å². The third-order valence-corrected chi connectivity index (χ3v) is 6.91. The number of amides is 3. The van der Waals surface area contributed by atoms with Crippen LogP contribution in [0.1, 0.15) is 37.7 Å². The number of hydrogen-bond acceptors (Lipinski definition) is 4. The van der Waals surface area contributed by atoms with Crippen molar-refractivity contribution in [2.24, 2.45) is 0 Å². The highest BCUT2D eigenvalue weighted by Gasteiger charge is 2.52. The molecule has 33 heavy (non-hydrogen) atoms. The van der Waals surface area contributed by atoms with Crippen LogP contribution in [0, 0.1) is 0 Å². The molecule has 0 aliphatic carbocycles. The van der Waals surface area contributed by atoms with Gasteiger partial charge in [0.25, 0.3) is 11.6 Å². The number of carbonyl (C=O) groups is 2. The fourth-order valence-electron chi connectivity index (χ4n) is 4.46. The first-order chi connectivity index (χ1) is 15.9. The van der Waals surface area contributed by atoms with Crippen molar-refractivity contribution >= 4 is 50.8 Å². The highest BCUT2D eigenvalue weighted by molar-refractivity contribution is 9.10. The van der Waals surface area contributed by atoms with Gasteiger partial charge < -0.3 is 20.6 Å². The first-order valence-electron chi connectivity index (χ1n) is 11.3. The molecule has 9 heteroatoms. The van der Waals surface area contributed by atoms with Crippen molar-refractivity contribution in [3.63, 3.8) is 0 Å². The van der Waals surface area contributed by atoms with E-state index in [2.05, 4.69) is 31.5 Å². The van der Waals surface area contributed by atoms with Gasteiger partial charge in [0, 0.05) is 27.3 Å². The third kappa shape index (κ3) is 5.19. The van der Waals surface area contributed by atoms with Gasteiger partial charge in [0.2, 0.25) is 0 Å². The first-order valence-corrected chi connectivity index (χ1v) is 12.5. The summed E-state index contributed by atoms with van der Waals surface area (Å²) < 4.78 is 0.681. The van der Waals surface area contributed by atoms with Gasteiger partial charge >= 0.3 is 6.03 Å². The largest absolute Gasteiger partial charge is 0.359 e. The van der Waals surface area contributed by atoms with Gasteiger partial charge in [0.1, 0.15) is 0 Å². The lowest BCUT2D eigenvalue weighted by Gasteiger charge is -2.42. The SMILES string of the molecule is O=C1Nc2ccc(Br)cc2[C@@](O)(C(=O)NCCCN2CCCCCC2)N1c1ccc(Cl)cc1. The number of urea groups is 1. The number of nitrogens with zero attached hydrogens (tertiary/aromatic N) is 2. The van der Waals surface area contributed by atoms with Crippen molar-refractivity contribution in [2.75, 3.05) is 36.4 Å². The Morgan fingerprint density at radius 1 is 1.12 bits per heavy atom. The second-order valence-electron chi connectivity index (χ2n) is 8.47. The Hall–Kier alpha value is -2.13. The lowest BCUT2D eigenvalue weighted by atomic mass is 9.94. The van der Waals surface area contributed by atoms with E-state index in [1.807, 2.05) is 0 Å². The van der Waals surface area contributed by atoms with Gasteiger partial charge in [-0.3, -0.25) is 9.69 Å². The second kappa shape index (κ2) is 10.4. The predicted molar refractivity (Wildman–Crippen MR) is 134 cm³/mol. The quantitative estimate of drug-likeness (QED) is 0.469. The van der Waals surface area contributed by atoms with Crippen molar-refractivity contribution in [3.8, 4) is 0 Å². The van der Waals surface area contributed by atoms with E-state index >= 15 is 0 Å². The maximum atomic E-state index is 13.5. The zero-order valence-electron chi connectivity index (χ0n) is 18.3. The maximum absolute atomic E-state index is 13.5. The first kappa shape index (κ1) is 24.0. The Labute approximate surface area is 207 Å². The van der Waals surface area contributed by atoms with Crippen molar-refractivity contribution < 1.29 is 14.7 Å². The standard InChI is InChI=1S/C24H28BrClN4O3/c25-17-6-11-21-20(16-17)24(33,30(23(32)28-21)19-9-7-18(26)8-10-19)22(31)27-12-5-15-29-13-3-1-2-4-14-29/h6-11,16,33H,1-5,12-15H2,(H,27,31)(H,28,32)/t24-/m1/s1. The molecule has 0 aromatic heterocycles. The fraction of sp³-hybridized carbons (Fsp3) is 0.417. The van der Waals surface area contributed by atoms with Crippen molar-refractivity contribution in [3.05, 3.63) is 57.5 Å². The van der Waals surface area contributed by atoms with Gasteiger partial charge in [-0.25, -0.2) is 4.79 Å². The van der Waals surface area contributed by atoms with Crippen LogP contribution < -0.4 is 15.5 Å². The molecule has 0 saturated carbocycles. The summed E-state index contributed by atoms with van der Waals surface area (Å²) >= 11 is 9.42. The molecular weight excluding hydrogens is 508 g/mol. The number of aliphatic hydroxyl groups is 1. The Bertz CT molecular complexity index is 1010. The van der Waals surface area contributed by atoms with Gasteiger partial charge in [-0.15, -0.1) is 0 Å². The van der Waals surface area contributed by atoms with Gasteiger partial charge in [0.05, 0.1) is 5.69 Å². The van der Waals surface area contributed by atoms with Crippen LogP contribution in [0.2, 0.25) is 5.02 Å². The lowest BCUT2D eigenvalue weighted by Crippen LogP contribution is -2.62. The minimum absolute atomic E-state index is 0.288. The summed E-state index contributed by atoms with van der Waals surface area (Å²) in [5.41, 5.74) is -1.20. The molecule has 1 fully saturated rings. The summed E-state index contributed by atoms with van der Waals surface area (Å²) in [5, 5.41) is 18.0. The molecule has 0 radical (unpaired) electrons. The van der Waals surface area contributed by atoms with Crippen LogP contribution >= 0.6 is 27.5 Å². The molecule has 2 aliphatic heterocycles. The molecular formula is C24H28BrClN4O3. The van der Waals surface area contributed by atoms with Crippen LogP contribution in [-0.2, 0) is 10.5 Å². The smallest absolute Gasteiger partial charge is 0.329 e. The average molecular weight is 536 g/mol. The topological polar surface area (TPSA) is 84.9 Å². The summed E-state index contributed by atoms with van der Waals surface area (Å²) in [5.74, 6) is -0.650. The lowest BCUT2D eigenvalue weighted by molar-refractivity contribution is -0.140. The van der Waals surface area contributed by atoms with Crippen molar-refractivity contribution in [1.82, 2.24) is 10.2 Å². The molecule has 176 valence electrons. The van der Waals surface area contributed by atoms with Crippen LogP contribution in [-0.4, -0.2) is 48.1 Å². The number of hydrogen-bond donors (Lipinski definition) is 3. The van der Waals surface area contributed by atoms with Gasteiger partial charge in [0.15, 0.2) is 0 Å². The van der Waals surface area contributed by atoms with E-state index in [-0.39, 0.29) is 5.56 Å². The van der Waals surface area contributed by atoms with Crippen LogP contribution in [0.5, 0.6) is 0 Å². The number of fused-ring (bicyclic) bond motifs is 1. The molecule has 2 aromatic carbocycles. The predicted octanol–water partition coefficient (Wildman–Crippen LogP) is 4.68. The molecule has 2 heterocycles. The molecule has 0 spiro atoms. The molecule has 3 N–H and O–H groups in total. The average Bonchev–Trinajstić information content (AvgIpc) is 3.07. The Morgan fingerprint density at radius 2 is 1.82 bits per heavy atom. The molecule has 1 saturated heterocycles. The Kier molecular flexibility index (Phi) is 7.58. The van der Waals surface area contributed by atoms with Crippen LogP contribution in [0.25, 0.3) is 0 Å². The number of carbonyl (C=O) groups excluding carboxylic acids is 2. The number of halogens is 2. The molecule has 4 rings (SSSR count). The van der Waals surface area contributed by atoms with E-state index in [1.54, 1.807) is 42.5 Å². The van der Waals surface area contributed by atoms with E-state index in [4.69, 9.17) is 11.6 Å². The second-order valence-corrected chi connectivity index (χ2v) is 9.82. The monoisotopic (exact) mass is 534 g/mol. The van der Waals surface area contributed by atoms with Gasteiger partial charge in [-0.2, -0.15) is 0 Å². The summed E-state index contributed by atoms with van der Waals surface area (Å²) in [6.07, 6.45) is 5.74. The Morgan fingerprint density at radius 3 is 2.52 bits per heavy atom. The zero-order valence-corrected chi connectivity index (χ0v) is 20.7. The minimum Gasteiger partial charge on any atom is -0.359 e. The van der Waals surface area contributed by atoms with Crippen molar-refractivity contribution in [1.29, 1.82) is 0 Å². The fourth-order valence-corrected chi connectivity index (χ4v) is 4.95. The normalized spacial score (nSPS) is 21.2. The number of likely N-dealkylation sites (tertiary alicyclic amines) is 1. The van der Waals surface area contributed by atoms with Crippen LogP contribution in [0.4, 0.5) is 16.2 Å².